The number of carboxylic acid groups (broad SMARTS) is 1. The average molecular weight is 267 g/mol. The topological polar surface area (TPSA) is 96.6 Å². The van der Waals surface area contributed by atoms with Crippen molar-refractivity contribution in [3.05, 3.63) is 28.6 Å². The van der Waals surface area contributed by atoms with Crippen molar-refractivity contribution in [2.45, 2.75) is 12.8 Å². The molecule has 0 radical (unpaired) electrons. The number of aliphatic carboxylic acids is 1. The van der Waals surface area contributed by atoms with Crippen LogP contribution in [0, 0.1) is 0 Å². The third-order valence-corrected chi connectivity index (χ3v) is 2.99. The number of nitrogens with one attached hydrogen (secondary N) is 1. The van der Waals surface area contributed by atoms with Crippen molar-refractivity contribution < 1.29 is 23.9 Å². The van der Waals surface area contributed by atoms with E-state index in [1.165, 1.54) is 6.08 Å². The van der Waals surface area contributed by atoms with Crippen LogP contribution in [-0.2, 0) is 16.0 Å². The molecule has 0 aliphatic carbocycles. The van der Waals surface area contributed by atoms with E-state index in [0.717, 1.165) is 11.8 Å². The summed E-state index contributed by atoms with van der Waals surface area (Å²) in [6.07, 6.45) is 1.73. The van der Waals surface area contributed by atoms with Gasteiger partial charge in [0, 0.05) is 12.5 Å². The van der Waals surface area contributed by atoms with E-state index in [9.17, 15) is 14.4 Å². The second-order valence-corrected chi connectivity index (χ2v) is 4.56. The molecule has 0 aromatic carbocycles. The third kappa shape index (κ3) is 3.01. The zero-order valence-corrected chi connectivity index (χ0v) is 9.95. The Balaban J connectivity index is 2.06. The summed E-state index contributed by atoms with van der Waals surface area (Å²) in [5.41, 5.74) is 0. The maximum Gasteiger partial charge on any atom is 0.303 e. The Bertz CT molecular complexity index is 545. The zero-order valence-electron chi connectivity index (χ0n) is 9.13. The molecule has 6 nitrogen and oxygen atoms in total. The highest BCUT2D eigenvalue weighted by Crippen LogP contribution is 2.26. The van der Waals surface area contributed by atoms with Crippen LogP contribution < -0.4 is 5.32 Å². The fourth-order valence-electron chi connectivity index (χ4n) is 1.39. The summed E-state index contributed by atoms with van der Waals surface area (Å²) in [5, 5.41) is 10.2. The third-order valence-electron chi connectivity index (χ3n) is 2.18. The van der Waals surface area contributed by atoms with Gasteiger partial charge in [-0.25, -0.2) is 0 Å². The molecule has 2 rings (SSSR count). The quantitative estimate of drug-likeness (QED) is 0.805. The molecule has 1 fully saturated rings. The number of thioether (sulfide) groups is 1. The van der Waals surface area contributed by atoms with Crippen LogP contribution in [0.2, 0.25) is 0 Å². The van der Waals surface area contributed by atoms with Gasteiger partial charge in [0.25, 0.3) is 11.1 Å². The van der Waals surface area contributed by atoms with E-state index in [1.54, 1.807) is 12.1 Å². The normalized spacial score (nSPS) is 17.2. The molecule has 94 valence electrons. The molecule has 0 spiro atoms. The van der Waals surface area contributed by atoms with Gasteiger partial charge in [0.15, 0.2) is 0 Å². The summed E-state index contributed by atoms with van der Waals surface area (Å²) in [7, 11) is 0. The van der Waals surface area contributed by atoms with E-state index in [1.807, 2.05) is 0 Å². The lowest BCUT2D eigenvalue weighted by Gasteiger charge is -1.92. The Morgan fingerprint density at radius 3 is 2.83 bits per heavy atom. The van der Waals surface area contributed by atoms with Crippen molar-refractivity contribution in [3.8, 4) is 0 Å². The Hall–Kier alpha value is -2.02. The van der Waals surface area contributed by atoms with Gasteiger partial charge in [-0.1, -0.05) is 0 Å². The predicted octanol–water partition coefficient (Wildman–Crippen LogP) is 1.62. The number of rotatable bonds is 4. The maximum atomic E-state index is 11.3. The molecular formula is C11H9NO5S. The standard InChI is InChI=1S/C11H9NO5S/c13-9(14)4-3-6-1-2-7(17-6)5-8-10(15)12-11(16)18-8/h1-2,5H,3-4H2,(H,13,14)(H,12,15,16). The Kier molecular flexibility index (Phi) is 3.52. The highest BCUT2D eigenvalue weighted by atomic mass is 32.2. The molecule has 2 heterocycles. The first-order valence-corrected chi connectivity index (χ1v) is 5.91. The molecule has 2 N–H and O–H groups in total. The predicted molar refractivity (Wildman–Crippen MR) is 63.8 cm³/mol. The number of imide groups is 1. The van der Waals surface area contributed by atoms with Gasteiger partial charge in [0.2, 0.25) is 0 Å². The number of carbonyl (C=O) groups excluding carboxylic acids is 2. The molecule has 7 heteroatoms. The molecule has 0 bridgehead atoms. The van der Waals surface area contributed by atoms with Crippen molar-refractivity contribution in [2.75, 3.05) is 0 Å². The molecule has 1 aromatic rings. The highest BCUT2D eigenvalue weighted by molar-refractivity contribution is 8.18. The van der Waals surface area contributed by atoms with E-state index in [-0.39, 0.29) is 17.7 Å². The van der Waals surface area contributed by atoms with Gasteiger partial charge in [0.1, 0.15) is 11.5 Å². The number of carboxylic acids is 1. The van der Waals surface area contributed by atoms with Crippen LogP contribution in [0.15, 0.2) is 21.5 Å². The summed E-state index contributed by atoms with van der Waals surface area (Å²) in [6.45, 7) is 0. The average Bonchev–Trinajstić information content (AvgIpc) is 2.84. The Morgan fingerprint density at radius 1 is 1.44 bits per heavy atom. The lowest BCUT2D eigenvalue weighted by Crippen LogP contribution is -2.17. The second kappa shape index (κ2) is 5.09. The number of amides is 2. The first kappa shape index (κ1) is 12.4. The maximum absolute atomic E-state index is 11.3. The number of carbonyl (C=O) groups is 3. The van der Waals surface area contributed by atoms with Crippen LogP contribution in [0.3, 0.4) is 0 Å². The van der Waals surface area contributed by atoms with Gasteiger partial charge >= 0.3 is 5.97 Å². The van der Waals surface area contributed by atoms with Gasteiger partial charge in [-0.05, 0) is 23.9 Å². The molecule has 0 saturated carbocycles. The monoisotopic (exact) mass is 267 g/mol. The van der Waals surface area contributed by atoms with Crippen molar-refractivity contribution >= 4 is 35.0 Å². The Labute approximate surface area is 106 Å². The fraction of sp³-hybridized carbons (Fsp3) is 0.182. The van der Waals surface area contributed by atoms with Gasteiger partial charge in [0.05, 0.1) is 11.3 Å². The van der Waals surface area contributed by atoms with Crippen molar-refractivity contribution in [3.63, 3.8) is 0 Å². The summed E-state index contributed by atoms with van der Waals surface area (Å²) in [5.74, 6) is -0.405. The van der Waals surface area contributed by atoms with E-state index >= 15 is 0 Å². The van der Waals surface area contributed by atoms with Crippen LogP contribution >= 0.6 is 11.8 Å². The molecular weight excluding hydrogens is 258 g/mol. The number of hydrogen-bond acceptors (Lipinski definition) is 5. The van der Waals surface area contributed by atoms with Gasteiger partial charge in [-0.2, -0.15) is 0 Å². The van der Waals surface area contributed by atoms with Crippen LogP contribution in [-0.4, -0.2) is 22.2 Å². The smallest absolute Gasteiger partial charge is 0.303 e. The lowest BCUT2D eigenvalue weighted by atomic mass is 10.2. The van der Waals surface area contributed by atoms with Gasteiger partial charge in [-0.3, -0.25) is 19.7 Å². The minimum absolute atomic E-state index is 0.0166. The number of hydrogen-bond donors (Lipinski definition) is 2. The molecule has 1 saturated heterocycles. The van der Waals surface area contributed by atoms with Crippen LogP contribution in [0.1, 0.15) is 17.9 Å². The summed E-state index contributed by atoms with van der Waals surface area (Å²) < 4.78 is 5.34. The molecule has 0 atom stereocenters. The molecule has 1 aromatic heterocycles. The summed E-state index contributed by atoms with van der Waals surface area (Å²) in [6, 6.07) is 3.27. The summed E-state index contributed by atoms with van der Waals surface area (Å²) >= 11 is 0.803. The van der Waals surface area contributed by atoms with Crippen molar-refractivity contribution in [1.29, 1.82) is 0 Å². The first-order chi connectivity index (χ1) is 8.54. The SMILES string of the molecule is O=C(O)CCc1ccc(C=C2SC(=O)NC2=O)o1. The van der Waals surface area contributed by atoms with Gasteiger partial charge < -0.3 is 9.52 Å². The molecule has 1 aliphatic rings. The summed E-state index contributed by atoms with van der Waals surface area (Å²) in [4.78, 5) is 32.9. The minimum atomic E-state index is -0.900. The van der Waals surface area contributed by atoms with E-state index in [4.69, 9.17) is 9.52 Å². The van der Waals surface area contributed by atoms with Crippen LogP contribution in [0.25, 0.3) is 6.08 Å². The largest absolute Gasteiger partial charge is 0.481 e. The van der Waals surface area contributed by atoms with Crippen LogP contribution in [0.4, 0.5) is 4.79 Å². The van der Waals surface area contributed by atoms with Crippen molar-refractivity contribution in [2.24, 2.45) is 0 Å². The molecule has 2 amide bonds. The highest BCUT2D eigenvalue weighted by Gasteiger charge is 2.25. The van der Waals surface area contributed by atoms with E-state index in [0.29, 0.717) is 11.5 Å². The Morgan fingerprint density at radius 2 is 2.22 bits per heavy atom. The van der Waals surface area contributed by atoms with Crippen molar-refractivity contribution in [1.82, 2.24) is 5.32 Å². The second-order valence-electron chi connectivity index (χ2n) is 3.55. The number of furan rings is 1. The molecule has 0 unspecified atom stereocenters. The fourth-order valence-corrected chi connectivity index (χ4v) is 2.05. The molecule has 18 heavy (non-hydrogen) atoms. The van der Waals surface area contributed by atoms with Crippen LogP contribution in [0.5, 0.6) is 0 Å². The molecule has 1 aliphatic heterocycles. The number of aryl methyl sites for hydroxylation is 1. The zero-order chi connectivity index (χ0) is 13.1. The lowest BCUT2D eigenvalue weighted by molar-refractivity contribution is -0.137. The van der Waals surface area contributed by atoms with Gasteiger partial charge in [-0.15, -0.1) is 0 Å². The first-order valence-electron chi connectivity index (χ1n) is 5.10. The van der Waals surface area contributed by atoms with E-state index in [2.05, 4.69) is 5.32 Å². The minimum Gasteiger partial charge on any atom is -0.481 e. The van der Waals surface area contributed by atoms with E-state index < -0.39 is 17.1 Å².